The van der Waals surface area contributed by atoms with E-state index in [0.29, 0.717) is 22.6 Å². The summed E-state index contributed by atoms with van der Waals surface area (Å²) in [5.41, 5.74) is 1.99. The maximum absolute atomic E-state index is 13.6. The number of anilines is 1. The number of hydrogen-bond donors (Lipinski definition) is 1. The number of ether oxygens (including phenoxy) is 2. The van der Waals surface area contributed by atoms with Gasteiger partial charge in [-0.3, -0.25) is 9.48 Å². The first kappa shape index (κ1) is 22.0. The molecule has 33 heavy (non-hydrogen) atoms. The number of nitrogens with zero attached hydrogens (tertiary/aromatic N) is 2. The van der Waals surface area contributed by atoms with E-state index in [2.05, 4.69) is 10.4 Å². The van der Waals surface area contributed by atoms with Gasteiger partial charge in [-0.25, -0.2) is 8.78 Å². The molecule has 6 nitrogen and oxygen atoms in total. The van der Waals surface area contributed by atoms with Gasteiger partial charge in [0.25, 0.3) is 5.91 Å². The number of nitrogens with one attached hydrogen (secondary N) is 1. The summed E-state index contributed by atoms with van der Waals surface area (Å²) in [6.45, 7) is 0.259. The van der Waals surface area contributed by atoms with E-state index in [1.807, 2.05) is 0 Å². The summed E-state index contributed by atoms with van der Waals surface area (Å²) < 4.78 is 39.5. The Morgan fingerprint density at radius 3 is 2.39 bits per heavy atom. The summed E-state index contributed by atoms with van der Waals surface area (Å²) in [4.78, 5) is 13.0. The molecule has 0 saturated heterocycles. The zero-order valence-corrected chi connectivity index (χ0v) is 17.8. The van der Waals surface area contributed by atoms with Crippen molar-refractivity contribution in [2.45, 2.75) is 13.2 Å². The highest BCUT2D eigenvalue weighted by Gasteiger charge is 2.19. The van der Waals surface area contributed by atoms with E-state index in [1.165, 1.54) is 42.3 Å². The fourth-order valence-corrected chi connectivity index (χ4v) is 3.25. The van der Waals surface area contributed by atoms with Crippen LogP contribution in [0.15, 0.2) is 79.0 Å². The predicted octanol–water partition coefficient (Wildman–Crippen LogP) is 5.05. The number of carbonyl (C=O) groups excluding carboxylic acids is 1. The third-order valence-electron chi connectivity index (χ3n) is 4.80. The quantitative estimate of drug-likeness (QED) is 0.409. The summed E-state index contributed by atoms with van der Waals surface area (Å²) in [7, 11) is 1.54. The van der Waals surface area contributed by atoms with Crippen molar-refractivity contribution >= 4 is 11.6 Å². The molecule has 1 heterocycles. The third kappa shape index (κ3) is 5.74. The third-order valence-corrected chi connectivity index (χ3v) is 4.80. The van der Waals surface area contributed by atoms with Gasteiger partial charge in [-0.15, -0.1) is 5.10 Å². The van der Waals surface area contributed by atoms with Crippen molar-refractivity contribution < 1.29 is 23.0 Å². The van der Waals surface area contributed by atoms with Crippen LogP contribution in [0.4, 0.5) is 14.5 Å². The van der Waals surface area contributed by atoms with Gasteiger partial charge in [0, 0.05) is 18.0 Å². The maximum atomic E-state index is 13.6. The normalized spacial score (nSPS) is 10.6. The second kappa shape index (κ2) is 9.95. The first-order valence-electron chi connectivity index (χ1n) is 10.1. The van der Waals surface area contributed by atoms with Crippen LogP contribution in [-0.4, -0.2) is 22.8 Å². The molecule has 0 unspecified atom stereocenters. The molecule has 0 aliphatic heterocycles. The van der Waals surface area contributed by atoms with Gasteiger partial charge < -0.3 is 14.8 Å². The van der Waals surface area contributed by atoms with Gasteiger partial charge in [-0.05, 0) is 47.5 Å². The van der Waals surface area contributed by atoms with E-state index in [-0.39, 0.29) is 36.2 Å². The fourth-order valence-electron chi connectivity index (χ4n) is 3.25. The smallest absolute Gasteiger partial charge is 0.262 e. The average molecular weight is 449 g/mol. The molecule has 0 radical (unpaired) electrons. The molecule has 168 valence electrons. The van der Waals surface area contributed by atoms with Crippen LogP contribution in [0.5, 0.6) is 11.6 Å². The monoisotopic (exact) mass is 449 g/mol. The van der Waals surface area contributed by atoms with Gasteiger partial charge in [-0.1, -0.05) is 30.3 Å². The average Bonchev–Trinajstić information content (AvgIpc) is 3.20. The Morgan fingerprint density at radius 1 is 0.970 bits per heavy atom. The number of hydrogen-bond acceptors (Lipinski definition) is 4. The van der Waals surface area contributed by atoms with Gasteiger partial charge in [0.2, 0.25) is 5.88 Å². The molecule has 4 aromatic rings. The second-order valence-corrected chi connectivity index (χ2v) is 7.28. The molecule has 1 N–H and O–H groups in total. The Balaban J connectivity index is 1.59. The van der Waals surface area contributed by atoms with Crippen molar-refractivity contribution in [3.05, 3.63) is 107 Å². The lowest BCUT2D eigenvalue weighted by atomic mass is 10.2. The van der Waals surface area contributed by atoms with E-state index in [4.69, 9.17) is 9.47 Å². The van der Waals surface area contributed by atoms with Crippen LogP contribution in [0.25, 0.3) is 0 Å². The van der Waals surface area contributed by atoms with Gasteiger partial charge in [0.15, 0.2) is 0 Å². The standard InChI is InChI=1S/C25H21F2N3O3/c1-32-22-10-4-9-21(13-22)28-24(31)23-15-30(14-17-5-2-7-19(26)11-17)29-25(23)33-16-18-6-3-8-20(27)12-18/h2-13,15H,14,16H2,1H3,(H,28,31). The molecule has 0 atom stereocenters. The Labute approximate surface area is 189 Å². The highest BCUT2D eigenvalue weighted by molar-refractivity contribution is 6.05. The van der Waals surface area contributed by atoms with Crippen LogP contribution in [0.1, 0.15) is 21.5 Å². The minimum absolute atomic E-state index is 0.0220. The summed E-state index contributed by atoms with van der Waals surface area (Å²) in [6, 6.07) is 19.0. The van der Waals surface area contributed by atoms with Gasteiger partial charge in [0.1, 0.15) is 29.6 Å². The van der Waals surface area contributed by atoms with E-state index < -0.39 is 5.91 Å². The number of benzene rings is 3. The first-order chi connectivity index (χ1) is 16.0. The number of carbonyl (C=O) groups is 1. The van der Waals surface area contributed by atoms with Crippen LogP contribution in [0.3, 0.4) is 0 Å². The van der Waals surface area contributed by atoms with Crippen LogP contribution in [0, 0.1) is 11.6 Å². The van der Waals surface area contributed by atoms with Crippen molar-refractivity contribution in [2.24, 2.45) is 0 Å². The molecule has 4 rings (SSSR count). The van der Waals surface area contributed by atoms with Crippen molar-refractivity contribution in [1.29, 1.82) is 0 Å². The molecule has 3 aromatic carbocycles. The lowest BCUT2D eigenvalue weighted by Gasteiger charge is -2.08. The molecular formula is C25H21F2N3O3. The van der Waals surface area contributed by atoms with Crippen LogP contribution in [0.2, 0.25) is 0 Å². The molecule has 8 heteroatoms. The Kier molecular flexibility index (Phi) is 6.64. The summed E-state index contributed by atoms with van der Waals surface area (Å²) in [5.74, 6) is -0.516. The second-order valence-electron chi connectivity index (χ2n) is 7.28. The highest BCUT2D eigenvalue weighted by atomic mass is 19.1. The number of halogens is 2. The van der Waals surface area contributed by atoms with Crippen molar-refractivity contribution in [3.8, 4) is 11.6 Å². The van der Waals surface area contributed by atoms with Gasteiger partial charge in [-0.2, -0.15) is 0 Å². The molecule has 0 saturated carbocycles. The number of methoxy groups -OCH3 is 1. The van der Waals surface area contributed by atoms with E-state index >= 15 is 0 Å². The summed E-state index contributed by atoms with van der Waals surface area (Å²) >= 11 is 0. The van der Waals surface area contributed by atoms with E-state index in [9.17, 15) is 13.6 Å². The summed E-state index contributed by atoms with van der Waals surface area (Å²) in [5, 5.41) is 7.16. The zero-order valence-electron chi connectivity index (χ0n) is 17.8. The molecule has 0 aliphatic carbocycles. The van der Waals surface area contributed by atoms with Crippen LogP contribution in [-0.2, 0) is 13.2 Å². The zero-order chi connectivity index (χ0) is 23.2. The Morgan fingerprint density at radius 2 is 1.67 bits per heavy atom. The fraction of sp³-hybridized carbons (Fsp3) is 0.120. The van der Waals surface area contributed by atoms with Crippen molar-refractivity contribution in [2.75, 3.05) is 12.4 Å². The Bertz CT molecular complexity index is 1270. The maximum Gasteiger partial charge on any atom is 0.262 e. The van der Waals surface area contributed by atoms with E-state index in [1.54, 1.807) is 48.5 Å². The molecule has 1 aromatic heterocycles. The largest absolute Gasteiger partial charge is 0.497 e. The lowest BCUT2D eigenvalue weighted by molar-refractivity contribution is 0.102. The minimum Gasteiger partial charge on any atom is -0.497 e. The Hall–Kier alpha value is -4.20. The number of aromatic nitrogens is 2. The van der Waals surface area contributed by atoms with Crippen molar-refractivity contribution in [3.63, 3.8) is 0 Å². The number of rotatable bonds is 8. The molecular weight excluding hydrogens is 428 g/mol. The van der Waals surface area contributed by atoms with Gasteiger partial charge in [0.05, 0.1) is 13.7 Å². The van der Waals surface area contributed by atoms with Gasteiger partial charge >= 0.3 is 0 Å². The lowest BCUT2D eigenvalue weighted by Crippen LogP contribution is -2.13. The van der Waals surface area contributed by atoms with Crippen LogP contribution >= 0.6 is 0 Å². The molecule has 0 aliphatic rings. The molecule has 0 fully saturated rings. The first-order valence-corrected chi connectivity index (χ1v) is 10.1. The van der Waals surface area contributed by atoms with Crippen molar-refractivity contribution in [1.82, 2.24) is 9.78 Å². The molecule has 0 bridgehead atoms. The molecule has 0 spiro atoms. The number of amides is 1. The SMILES string of the molecule is COc1cccc(NC(=O)c2cn(Cc3cccc(F)c3)nc2OCc2cccc(F)c2)c1. The molecule has 1 amide bonds. The van der Waals surface area contributed by atoms with E-state index in [0.717, 1.165) is 0 Å². The predicted molar refractivity (Wildman–Crippen MR) is 119 cm³/mol. The van der Waals surface area contributed by atoms with Crippen LogP contribution < -0.4 is 14.8 Å². The topological polar surface area (TPSA) is 65.4 Å². The minimum atomic E-state index is -0.442. The highest BCUT2D eigenvalue weighted by Crippen LogP contribution is 2.22. The summed E-state index contributed by atoms with van der Waals surface area (Å²) in [6.07, 6.45) is 1.53.